The van der Waals surface area contributed by atoms with Crippen molar-refractivity contribution in [3.63, 3.8) is 0 Å². The normalized spacial score (nSPS) is 49.3. The van der Waals surface area contributed by atoms with Crippen LogP contribution in [0.5, 0.6) is 0 Å². The summed E-state index contributed by atoms with van der Waals surface area (Å²) in [5.74, 6) is 0. The lowest BCUT2D eigenvalue weighted by Gasteiger charge is -2.01. The maximum Gasteiger partial charge on any atom is 0.182 e. The van der Waals surface area contributed by atoms with E-state index < -0.39 is 5.06 Å². The SMILES string of the molecule is CC[C@@]1(Cl)O[C@@]1(Br)CC. The maximum absolute atomic E-state index is 5.97. The third-order valence-electron chi connectivity index (χ3n) is 1.75. The molecule has 0 aliphatic carbocycles. The number of epoxide rings is 1. The summed E-state index contributed by atoms with van der Waals surface area (Å²) in [6, 6.07) is 0. The van der Waals surface area contributed by atoms with Crippen LogP contribution >= 0.6 is 27.5 Å². The summed E-state index contributed by atoms with van der Waals surface area (Å²) in [5, 5.41) is -0.415. The van der Waals surface area contributed by atoms with Crippen molar-refractivity contribution in [2.24, 2.45) is 0 Å². The van der Waals surface area contributed by atoms with E-state index in [1.165, 1.54) is 0 Å². The molecule has 0 saturated carbocycles. The number of hydrogen-bond donors (Lipinski definition) is 0. The fourth-order valence-corrected chi connectivity index (χ4v) is 1.82. The highest BCUT2D eigenvalue weighted by atomic mass is 79.9. The molecule has 1 rings (SSSR count). The molecule has 0 spiro atoms. The minimum Gasteiger partial charge on any atom is -0.334 e. The fourth-order valence-electron chi connectivity index (χ4n) is 0.903. The maximum atomic E-state index is 5.97. The smallest absolute Gasteiger partial charge is 0.182 e. The third-order valence-corrected chi connectivity index (χ3v) is 3.99. The monoisotopic (exact) mass is 212 g/mol. The largest absolute Gasteiger partial charge is 0.334 e. The van der Waals surface area contributed by atoms with Gasteiger partial charge in [-0.2, -0.15) is 0 Å². The molecule has 54 valence electrons. The molecule has 0 N–H and O–H groups in total. The van der Waals surface area contributed by atoms with E-state index in [9.17, 15) is 0 Å². The van der Waals surface area contributed by atoms with Crippen LogP contribution in [0, 0.1) is 0 Å². The van der Waals surface area contributed by atoms with Gasteiger partial charge >= 0.3 is 0 Å². The quantitative estimate of drug-likeness (QED) is 0.508. The van der Waals surface area contributed by atoms with Crippen LogP contribution < -0.4 is 0 Å². The molecule has 1 nitrogen and oxygen atoms in total. The van der Waals surface area contributed by atoms with E-state index >= 15 is 0 Å². The second kappa shape index (κ2) is 2.11. The van der Waals surface area contributed by atoms with Gasteiger partial charge in [0.2, 0.25) is 0 Å². The summed E-state index contributed by atoms with van der Waals surface area (Å²) >= 11 is 9.38. The Hall–Kier alpha value is 0.730. The summed E-state index contributed by atoms with van der Waals surface area (Å²) in [5.41, 5.74) is 0. The van der Waals surface area contributed by atoms with Crippen molar-refractivity contribution in [3.8, 4) is 0 Å². The van der Waals surface area contributed by atoms with E-state index in [0.29, 0.717) is 0 Å². The summed E-state index contributed by atoms with van der Waals surface area (Å²) in [7, 11) is 0. The Bertz CT molecular complexity index is 116. The summed E-state index contributed by atoms with van der Waals surface area (Å²) < 4.78 is 5.05. The molecule has 1 fully saturated rings. The molecular formula is C6H10BrClO. The van der Waals surface area contributed by atoms with Crippen LogP contribution in [0.15, 0.2) is 0 Å². The standard InChI is InChI=1S/C6H10BrClO/c1-3-5(7)6(8,4-2)9-5/h3-4H2,1-2H3/t5-,6+/m0/s1. The zero-order chi connectivity index (χ0) is 7.12. The first-order valence-corrected chi connectivity index (χ1v) is 4.33. The van der Waals surface area contributed by atoms with Crippen LogP contribution in [-0.2, 0) is 4.74 Å². The van der Waals surface area contributed by atoms with Gasteiger partial charge in [-0.05, 0) is 28.8 Å². The molecule has 1 saturated heterocycles. The van der Waals surface area contributed by atoms with Crippen molar-refractivity contribution in [3.05, 3.63) is 0 Å². The van der Waals surface area contributed by atoms with E-state index in [-0.39, 0.29) is 4.51 Å². The molecule has 1 aliphatic rings. The molecule has 1 heterocycles. The first-order valence-electron chi connectivity index (χ1n) is 3.16. The minimum absolute atomic E-state index is 0.226. The average molecular weight is 214 g/mol. The van der Waals surface area contributed by atoms with Gasteiger partial charge in [-0.25, -0.2) is 0 Å². The van der Waals surface area contributed by atoms with Crippen molar-refractivity contribution < 1.29 is 4.74 Å². The molecule has 0 unspecified atom stereocenters. The predicted octanol–water partition coefficient (Wildman–Crippen LogP) is 2.86. The molecule has 2 atom stereocenters. The van der Waals surface area contributed by atoms with Crippen molar-refractivity contribution >= 4 is 27.5 Å². The predicted molar refractivity (Wildman–Crippen MR) is 41.9 cm³/mol. The van der Waals surface area contributed by atoms with Gasteiger partial charge in [0.15, 0.2) is 9.57 Å². The molecule has 9 heavy (non-hydrogen) atoms. The van der Waals surface area contributed by atoms with Crippen LogP contribution in [0.1, 0.15) is 26.7 Å². The minimum atomic E-state index is -0.415. The van der Waals surface area contributed by atoms with Crippen LogP contribution in [0.4, 0.5) is 0 Å². The van der Waals surface area contributed by atoms with Crippen molar-refractivity contribution in [1.82, 2.24) is 0 Å². The highest BCUT2D eigenvalue weighted by Crippen LogP contribution is 2.59. The van der Waals surface area contributed by atoms with Gasteiger partial charge in [-0.3, -0.25) is 0 Å². The van der Waals surface area contributed by atoms with E-state index in [0.717, 1.165) is 12.8 Å². The Morgan fingerprint density at radius 2 is 2.00 bits per heavy atom. The van der Waals surface area contributed by atoms with E-state index in [4.69, 9.17) is 16.3 Å². The van der Waals surface area contributed by atoms with Crippen LogP contribution in [0.2, 0.25) is 0 Å². The first kappa shape index (κ1) is 7.83. The van der Waals surface area contributed by atoms with Gasteiger partial charge in [-0.15, -0.1) is 0 Å². The molecule has 0 aromatic heterocycles. The van der Waals surface area contributed by atoms with E-state index in [1.807, 2.05) is 6.92 Å². The zero-order valence-corrected chi connectivity index (χ0v) is 7.92. The highest BCUT2D eigenvalue weighted by Gasteiger charge is 2.65. The van der Waals surface area contributed by atoms with Crippen molar-refractivity contribution in [1.29, 1.82) is 0 Å². The Balaban J connectivity index is 2.54. The number of hydrogen-bond acceptors (Lipinski definition) is 1. The third kappa shape index (κ3) is 1.02. The zero-order valence-electron chi connectivity index (χ0n) is 5.58. The topological polar surface area (TPSA) is 12.5 Å². The number of halogens is 2. The van der Waals surface area contributed by atoms with Gasteiger partial charge in [0.05, 0.1) is 0 Å². The van der Waals surface area contributed by atoms with E-state index in [1.54, 1.807) is 0 Å². The number of ether oxygens (including phenoxy) is 1. The Labute approximate surface area is 68.8 Å². The molecule has 0 aromatic rings. The first-order chi connectivity index (χ1) is 4.08. The van der Waals surface area contributed by atoms with Gasteiger partial charge in [0.1, 0.15) is 0 Å². The molecule has 0 bridgehead atoms. The second-order valence-corrected chi connectivity index (χ2v) is 4.16. The van der Waals surface area contributed by atoms with Crippen LogP contribution in [-0.4, -0.2) is 9.57 Å². The average Bonchev–Trinajstić information content (AvgIpc) is 2.39. The lowest BCUT2D eigenvalue weighted by molar-refractivity contribution is 0.334. The molecule has 3 heteroatoms. The Kier molecular flexibility index (Phi) is 1.83. The van der Waals surface area contributed by atoms with Gasteiger partial charge in [0.25, 0.3) is 0 Å². The van der Waals surface area contributed by atoms with E-state index in [2.05, 4.69) is 22.9 Å². The summed E-state index contributed by atoms with van der Waals surface area (Å²) in [6.45, 7) is 4.07. The molecule has 1 aliphatic heterocycles. The van der Waals surface area contributed by atoms with Crippen LogP contribution in [0.25, 0.3) is 0 Å². The summed E-state index contributed by atoms with van der Waals surface area (Å²) in [4.78, 5) is 0. The van der Waals surface area contributed by atoms with Crippen LogP contribution in [0.3, 0.4) is 0 Å². The molecule has 0 aromatic carbocycles. The van der Waals surface area contributed by atoms with Crippen molar-refractivity contribution in [2.45, 2.75) is 36.3 Å². The Morgan fingerprint density at radius 1 is 1.44 bits per heavy atom. The number of rotatable bonds is 2. The lowest BCUT2D eigenvalue weighted by Crippen LogP contribution is -2.11. The Morgan fingerprint density at radius 3 is 2.11 bits per heavy atom. The molecular weight excluding hydrogens is 203 g/mol. The second-order valence-electron chi connectivity index (χ2n) is 2.27. The van der Waals surface area contributed by atoms with Crippen molar-refractivity contribution in [2.75, 3.05) is 0 Å². The van der Waals surface area contributed by atoms with Gasteiger partial charge in [0, 0.05) is 0 Å². The molecule has 0 radical (unpaired) electrons. The number of alkyl halides is 2. The molecule has 0 amide bonds. The summed E-state index contributed by atoms with van der Waals surface area (Å²) in [6.07, 6.45) is 1.78. The lowest BCUT2D eigenvalue weighted by atomic mass is 10.2. The van der Waals surface area contributed by atoms with Gasteiger partial charge < -0.3 is 4.74 Å². The van der Waals surface area contributed by atoms with Gasteiger partial charge in [-0.1, -0.05) is 25.4 Å². The fraction of sp³-hybridized carbons (Fsp3) is 1.00. The highest BCUT2D eigenvalue weighted by molar-refractivity contribution is 9.10.